The second kappa shape index (κ2) is 13.5. The largest absolute Gasteiger partial charge is 0.457 e. The van der Waals surface area contributed by atoms with Crippen LogP contribution < -0.4 is 14.5 Å². The van der Waals surface area contributed by atoms with Gasteiger partial charge in [0, 0.05) is 46.7 Å². The van der Waals surface area contributed by atoms with Crippen molar-refractivity contribution in [2.45, 2.75) is 78.6 Å². The van der Waals surface area contributed by atoms with Crippen molar-refractivity contribution in [3.8, 4) is 17.3 Å². The van der Waals surface area contributed by atoms with Crippen molar-refractivity contribution >= 4 is 38.9 Å². The number of anilines is 2. The fourth-order valence-corrected chi connectivity index (χ4v) is 7.47. The first-order valence-electron chi connectivity index (χ1n) is 19.4. The number of fused-ring (bicyclic) bond motifs is 3. The van der Waals surface area contributed by atoms with Gasteiger partial charge in [0.05, 0.1) is 23.4 Å². The van der Waals surface area contributed by atoms with Gasteiger partial charge in [-0.05, 0) is 93.1 Å². The molecule has 0 spiro atoms. The van der Waals surface area contributed by atoms with Crippen LogP contribution in [0.5, 0.6) is 11.5 Å². The van der Waals surface area contributed by atoms with Gasteiger partial charge in [0.25, 0.3) is 0 Å². The molecule has 0 fully saturated rings. The Balaban J connectivity index is 1.16. The third-order valence-electron chi connectivity index (χ3n) is 10.8. The molecule has 8 rings (SSSR count). The first-order chi connectivity index (χ1) is 26.1. The minimum Gasteiger partial charge on any atom is -0.457 e. The van der Waals surface area contributed by atoms with Gasteiger partial charge in [-0.25, -0.2) is 4.98 Å². The molecule has 1 aliphatic heterocycles. The fraction of sp³-hybridized carbons (Fsp3) is 0.260. The lowest BCUT2D eigenvalue weighted by molar-refractivity contribution is 0.483. The Labute approximate surface area is 326 Å². The minimum absolute atomic E-state index is 0.00495. The zero-order chi connectivity index (χ0) is 38.7. The van der Waals surface area contributed by atoms with Crippen LogP contribution >= 0.6 is 0 Å². The maximum Gasteiger partial charge on any atom is 0.137 e. The van der Waals surface area contributed by atoms with Crippen molar-refractivity contribution in [1.82, 2.24) is 9.55 Å². The number of hydrogen-bond acceptors (Lipinski definition) is 4. The molecule has 0 bridgehead atoms. The van der Waals surface area contributed by atoms with Gasteiger partial charge in [-0.15, -0.1) is 0 Å². The van der Waals surface area contributed by atoms with Gasteiger partial charge >= 0.3 is 0 Å². The molecule has 5 nitrogen and oxygen atoms in total. The number of rotatable bonds is 6. The van der Waals surface area contributed by atoms with Gasteiger partial charge in [0.1, 0.15) is 17.3 Å². The molecule has 1 aliphatic rings. The summed E-state index contributed by atoms with van der Waals surface area (Å²) >= 11 is 0. The smallest absolute Gasteiger partial charge is 0.137 e. The molecule has 0 radical (unpaired) electrons. The van der Waals surface area contributed by atoms with Crippen molar-refractivity contribution in [2.24, 2.45) is 0 Å². The topological polar surface area (TPSA) is 33.5 Å². The van der Waals surface area contributed by atoms with Crippen molar-refractivity contribution in [3.05, 3.63) is 162 Å². The molecule has 55 heavy (non-hydrogen) atoms. The Morgan fingerprint density at radius 3 is 1.89 bits per heavy atom. The molecule has 5 heteroatoms. The van der Waals surface area contributed by atoms with Crippen LogP contribution in [0, 0.1) is 0 Å². The Bertz CT molecular complexity index is 2530. The van der Waals surface area contributed by atoms with E-state index in [9.17, 15) is 0 Å². The summed E-state index contributed by atoms with van der Waals surface area (Å²) in [5.74, 6) is 2.46. The lowest BCUT2D eigenvalue weighted by Crippen LogP contribution is -2.27. The van der Waals surface area contributed by atoms with Crippen molar-refractivity contribution < 1.29 is 4.74 Å². The van der Waals surface area contributed by atoms with E-state index in [1.165, 1.54) is 44.4 Å². The predicted octanol–water partition coefficient (Wildman–Crippen LogP) is 13.1. The standard InChI is InChI=1S/C50H52N4O/c1-48(2,3)35-24-25-51-47(29-35)54-44-21-14-13-20-42(44)43-23-22-41(31-45(43)54)55-40-19-15-18-38(30-40)52-32-46(34-16-11-10-12-17-34)53(33-52)39-27-36(49(4,5)6)26-37(28-39)50(7,8)9/h10-32H,33H2,1-9H3. The molecule has 278 valence electrons. The van der Waals surface area contributed by atoms with E-state index in [4.69, 9.17) is 9.72 Å². The third-order valence-corrected chi connectivity index (χ3v) is 10.8. The molecule has 0 atom stereocenters. The summed E-state index contributed by atoms with van der Waals surface area (Å²) < 4.78 is 8.95. The van der Waals surface area contributed by atoms with Crippen LogP contribution in [0.25, 0.3) is 33.3 Å². The summed E-state index contributed by atoms with van der Waals surface area (Å²) in [6, 6.07) is 45.5. The predicted molar refractivity (Wildman–Crippen MR) is 232 cm³/mol. The van der Waals surface area contributed by atoms with E-state index in [1.807, 2.05) is 12.3 Å². The number of hydrogen-bond donors (Lipinski definition) is 0. The van der Waals surface area contributed by atoms with E-state index in [1.54, 1.807) is 0 Å². The highest BCUT2D eigenvalue weighted by Crippen LogP contribution is 2.41. The maximum atomic E-state index is 6.69. The van der Waals surface area contributed by atoms with Gasteiger partial charge in [0.15, 0.2) is 0 Å². The molecule has 5 aromatic carbocycles. The summed E-state index contributed by atoms with van der Waals surface area (Å²) in [7, 11) is 0. The zero-order valence-corrected chi connectivity index (χ0v) is 33.7. The molecule has 0 N–H and O–H groups in total. The number of aromatic nitrogens is 2. The number of benzene rings is 5. The first kappa shape index (κ1) is 36.2. The van der Waals surface area contributed by atoms with Crippen molar-refractivity contribution in [2.75, 3.05) is 16.5 Å². The Morgan fingerprint density at radius 2 is 1.18 bits per heavy atom. The lowest BCUT2D eigenvalue weighted by Gasteiger charge is -2.30. The van der Waals surface area contributed by atoms with Crippen LogP contribution in [0.15, 0.2) is 140 Å². The van der Waals surface area contributed by atoms with Crippen LogP contribution in [0.4, 0.5) is 11.4 Å². The van der Waals surface area contributed by atoms with Crippen LogP contribution in [0.2, 0.25) is 0 Å². The average Bonchev–Trinajstić information content (AvgIpc) is 3.74. The Kier molecular flexibility index (Phi) is 8.87. The van der Waals surface area contributed by atoms with E-state index in [-0.39, 0.29) is 16.2 Å². The van der Waals surface area contributed by atoms with E-state index in [0.29, 0.717) is 6.67 Å². The maximum absolute atomic E-state index is 6.69. The van der Waals surface area contributed by atoms with Crippen molar-refractivity contribution in [3.63, 3.8) is 0 Å². The SMILES string of the molecule is CC(C)(C)c1cc(N2CN(c3cccc(Oc4ccc5c6ccccc6n(-c6cc(C(C)(C)C)ccn6)c5c4)c3)C=C2c2ccccc2)cc(C(C)(C)C)c1. The zero-order valence-electron chi connectivity index (χ0n) is 33.7. The van der Waals surface area contributed by atoms with Gasteiger partial charge < -0.3 is 14.5 Å². The molecular formula is C50H52N4O. The molecule has 7 aromatic rings. The number of para-hydroxylation sites is 1. The molecule has 0 saturated carbocycles. The second-order valence-electron chi connectivity index (χ2n) is 18.0. The van der Waals surface area contributed by atoms with Crippen LogP contribution in [-0.2, 0) is 16.2 Å². The highest BCUT2D eigenvalue weighted by Gasteiger charge is 2.28. The van der Waals surface area contributed by atoms with E-state index in [0.717, 1.165) is 34.0 Å². The van der Waals surface area contributed by atoms with Gasteiger partial charge in [0.2, 0.25) is 0 Å². The van der Waals surface area contributed by atoms with E-state index in [2.05, 4.69) is 204 Å². The average molecular weight is 725 g/mol. The van der Waals surface area contributed by atoms with Crippen molar-refractivity contribution in [1.29, 1.82) is 0 Å². The van der Waals surface area contributed by atoms with Crippen LogP contribution in [0.3, 0.4) is 0 Å². The summed E-state index contributed by atoms with van der Waals surface area (Å²) in [6.45, 7) is 21.2. The second-order valence-corrected chi connectivity index (χ2v) is 18.0. The highest BCUT2D eigenvalue weighted by molar-refractivity contribution is 6.09. The molecule has 3 heterocycles. The Morgan fingerprint density at radius 1 is 0.527 bits per heavy atom. The fourth-order valence-electron chi connectivity index (χ4n) is 7.47. The molecule has 0 aliphatic carbocycles. The van der Waals surface area contributed by atoms with Gasteiger partial charge in [-0.2, -0.15) is 0 Å². The van der Waals surface area contributed by atoms with Gasteiger partial charge in [-0.1, -0.05) is 123 Å². The molecular weight excluding hydrogens is 673 g/mol. The number of nitrogens with zero attached hydrogens (tertiary/aromatic N) is 4. The van der Waals surface area contributed by atoms with Gasteiger partial charge in [-0.3, -0.25) is 4.57 Å². The summed E-state index contributed by atoms with van der Waals surface area (Å²) in [5.41, 5.74) is 10.8. The molecule has 0 amide bonds. The molecule has 0 unspecified atom stereocenters. The van der Waals surface area contributed by atoms with Crippen LogP contribution in [0.1, 0.15) is 84.6 Å². The molecule has 2 aromatic heterocycles. The number of pyridine rings is 1. The highest BCUT2D eigenvalue weighted by atomic mass is 16.5. The third kappa shape index (κ3) is 7.12. The lowest BCUT2D eigenvalue weighted by atomic mass is 9.80. The monoisotopic (exact) mass is 724 g/mol. The summed E-state index contributed by atoms with van der Waals surface area (Å²) in [6.07, 6.45) is 4.20. The minimum atomic E-state index is 0.00495. The summed E-state index contributed by atoms with van der Waals surface area (Å²) in [5, 5.41) is 2.36. The molecule has 0 saturated heterocycles. The first-order valence-corrected chi connectivity index (χ1v) is 19.4. The van der Waals surface area contributed by atoms with E-state index < -0.39 is 0 Å². The quantitative estimate of drug-likeness (QED) is 0.171. The van der Waals surface area contributed by atoms with E-state index >= 15 is 0 Å². The number of ether oxygens (including phenoxy) is 1. The Hall–Kier alpha value is -5.81. The normalized spacial score (nSPS) is 13.9. The van der Waals surface area contributed by atoms with Crippen LogP contribution in [-0.4, -0.2) is 16.2 Å². The summed E-state index contributed by atoms with van der Waals surface area (Å²) in [4.78, 5) is 9.63.